The minimum atomic E-state index is -0.244. The summed E-state index contributed by atoms with van der Waals surface area (Å²) >= 11 is 1.54. The monoisotopic (exact) mass is 455 g/mol. The number of carbonyl (C=O) groups is 1. The third-order valence-electron chi connectivity index (χ3n) is 7.26. The molecule has 1 N–H and O–H groups in total. The molecule has 4 bridgehead atoms. The van der Waals surface area contributed by atoms with Gasteiger partial charge in [-0.3, -0.25) is 10.1 Å². The number of methoxy groups -OCH3 is 3. The molecule has 4 saturated carbocycles. The van der Waals surface area contributed by atoms with Crippen molar-refractivity contribution in [1.82, 2.24) is 10.2 Å². The van der Waals surface area contributed by atoms with E-state index in [4.69, 9.17) is 14.2 Å². The molecule has 0 unspecified atom stereocenters. The lowest BCUT2D eigenvalue weighted by atomic mass is 9.50. The highest BCUT2D eigenvalue weighted by Crippen LogP contribution is 2.61. The van der Waals surface area contributed by atoms with E-state index in [-0.39, 0.29) is 11.3 Å². The molecule has 0 radical (unpaired) electrons. The van der Waals surface area contributed by atoms with Crippen molar-refractivity contribution in [3.8, 4) is 17.2 Å². The fraction of sp³-hybridized carbons (Fsp3) is 0.542. The van der Waals surface area contributed by atoms with E-state index in [0.29, 0.717) is 22.4 Å². The molecule has 0 spiro atoms. The minimum absolute atomic E-state index is 0.196. The van der Waals surface area contributed by atoms with Gasteiger partial charge in [0.05, 0.1) is 21.3 Å². The van der Waals surface area contributed by atoms with Gasteiger partial charge in [0, 0.05) is 11.5 Å². The number of hydrogen-bond donors (Lipinski definition) is 1. The molecule has 1 heterocycles. The lowest BCUT2D eigenvalue weighted by molar-refractivity contribution is -0.111. The number of rotatable bonds is 7. The van der Waals surface area contributed by atoms with Crippen molar-refractivity contribution < 1.29 is 19.0 Å². The third kappa shape index (κ3) is 3.85. The molecule has 1 aromatic carbocycles. The summed E-state index contributed by atoms with van der Waals surface area (Å²) in [4.78, 5) is 12.5. The number of carbonyl (C=O) groups excluding carboxylic acids is 1. The van der Waals surface area contributed by atoms with Crippen molar-refractivity contribution in [3.63, 3.8) is 0 Å². The van der Waals surface area contributed by atoms with Crippen LogP contribution in [0.2, 0.25) is 0 Å². The predicted octanol–water partition coefficient (Wildman–Crippen LogP) is 4.68. The molecule has 4 aliphatic carbocycles. The SMILES string of the molecule is COc1cc(/C=C/C(=O)Nc2nnc(C34CC5CC(CC(C5)C3)C4)s2)cc(OC)c1OC. The van der Waals surface area contributed by atoms with Gasteiger partial charge < -0.3 is 14.2 Å². The summed E-state index contributed by atoms with van der Waals surface area (Å²) < 4.78 is 16.1. The molecule has 4 fully saturated rings. The molecule has 0 atom stereocenters. The normalized spacial score (nSPS) is 28.2. The van der Waals surface area contributed by atoms with E-state index < -0.39 is 0 Å². The van der Waals surface area contributed by atoms with Crippen molar-refractivity contribution >= 4 is 28.5 Å². The summed E-state index contributed by atoms with van der Waals surface area (Å²) in [6.07, 6.45) is 11.1. The predicted molar refractivity (Wildman–Crippen MR) is 124 cm³/mol. The van der Waals surface area contributed by atoms with Gasteiger partial charge in [0.1, 0.15) is 5.01 Å². The van der Waals surface area contributed by atoms with Crippen molar-refractivity contribution in [2.45, 2.75) is 43.9 Å². The number of hydrogen-bond acceptors (Lipinski definition) is 7. The molecule has 6 rings (SSSR count). The van der Waals surface area contributed by atoms with Gasteiger partial charge in [-0.1, -0.05) is 11.3 Å². The molecule has 8 heteroatoms. The van der Waals surface area contributed by atoms with Gasteiger partial charge >= 0.3 is 0 Å². The van der Waals surface area contributed by atoms with E-state index in [1.54, 1.807) is 50.9 Å². The van der Waals surface area contributed by atoms with E-state index in [1.165, 1.54) is 44.6 Å². The Hall–Kier alpha value is -2.61. The van der Waals surface area contributed by atoms with Crippen molar-refractivity contribution in [1.29, 1.82) is 0 Å². The van der Waals surface area contributed by atoms with Crippen molar-refractivity contribution in [3.05, 3.63) is 28.8 Å². The second-order valence-electron chi connectivity index (χ2n) is 9.39. The molecule has 0 saturated heterocycles. The van der Waals surface area contributed by atoms with Gasteiger partial charge in [-0.25, -0.2) is 0 Å². The molecule has 4 aliphatic rings. The fourth-order valence-electron chi connectivity index (χ4n) is 6.38. The number of aromatic nitrogens is 2. The second kappa shape index (κ2) is 8.39. The first-order chi connectivity index (χ1) is 15.5. The van der Waals surface area contributed by atoms with Crippen LogP contribution in [0.5, 0.6) is 17.2 Å². The molecule has 170 valence electrons. The Bertz CT molecular complexity index is 987. The highest BCUT2D eigenvalue weighted by atomic mass is 32.1. The zero-order chi connectivity index (χ0) is 22.3. The molecule has 2 aromatic rings. The Morgan fingerprint density at radius 3 is 2.12 bits per heavy atom. The van der Waals surface area contributed by atoms with E-state index in [0.717, 1.165) is 28.3 Å². The summed E-state index contributed by atoms with van der Waals surface area (Å²) in [5.74, 6) is 3.90. The third-order valence-corrected chi connectivity index (χ3v) is 8.35. The second-order valence-corrected chi connectivity index (χ2v) is 10.4. The van der Waals surface area contributed by atoms with E-state index in [1.807, 2.05) is 0 Å². The Morgan fingerprint density at radius 1 is 1.00 bits per heavy atom. The number of nitrogens with zero attached hydrogens (tertiary/aromatic N) is 2. The largest absolute Gasteiger partial charge is 0.493 e. The molecule has 1 amide bonds. The highest BCUT2D eigenvalue weighted by Gasteiger charge is 2.53. The first kappa shape index (κ1) is 21.2. The van der Waals surface area contributed by atoms with Gasteiger partial charge in [-0.15, -0.1) is 10.2 Å². The summed E-state index contributed by atoms with van der Waals surface area (Å²) in [5.41, 5.74) is 0.961. The highest BCUT2D eigenvalue weighted by molar-refractivity contribution is 7.15. The number of benzene rings is 1. The summed E-state index contributed by atoms with van der Waals surface area (Å²) in [6.45, 7) is 0. The van der Waals surface area contributed by atoms with Crippen LogP contribution in [0, 0.1) is 17.8 Å². The summed E-state index contributed by atoms with van der Waals surface area (Å²) in [7, 11) is 4.69. The number of anilines is 1. The Morgan fingerprint density at radius 2 is 1.59 bits per heavy atom. The van der Waals surface area contributed by atoms with Crippen LogP contribution in [-0.2, 0) is 10.2 Å². The smallest absolute Gasteiger partial charge is 0.250 e. The van der Waals surface area contributed by atoms with Crippen LogP contribution in [-0.4, -0.2) is 37.4 Å². The molecule has 32 heavy (non-hydrogen) atoms. The fourth-order valence-corrected chi connectivity index (χ4v) is 7.34. The lowest BCUT2D eigenvalue weighted by Crippen LogP contribution is -2.48. The van der Waals surface area contributed by atoms with Crippen LogP contribution in [0.15, 0.2) is 18.2 Å². The van der Waals surface area contributed by atoms with E-state index in [9.17, 15) is 4.79 Å². The topological polar surface area (TPSA) is 82.6 Å². The average molecular weight is 456 g/mol. The lowest BCUT2D eigenvalue weighted by Gasteiger charge is -2.55. The van der Waals surface area contributed by atoms with Crippen LogP contribution in [0.25, 0.3) is 6.08 Å². The van der Waals surface area contributed by atoms with Crippen molar-refractivity contribution in [2.24, 2.45) is 17.8 Å². The standard InChI is InChI=1S/C24H29N3O4S/c1-29-18-9-14(10-19(30-2)21(18)31-3)4-5-20(28)25-23-27-26-22(32-23)24-11-15-6-16(12-24)8-17(7-15)13-24/h4-5,9-10,15-17H,6-8,11-13H2,1-3H3,(H,25,27,28)/b5-4+. The summed E-state index contributed by atoms with van der Waals surface area (Å²) in [5, 5.41) is 13.4. The Labute approximate surface area is 192 Å². The number of ether oxygens (including phenoxy) is 3. The number of amides is 1. The van der Waals surface area contributed by atoms with Crippen molar-refractivity contribution in [2.75, 3.05) is 26.6 Å². The van der Waals surface area contributed by atoms with Crippen LogP contribution in [0.3, 0.4) is 0 Å². The summed E-state index contributed by atoms with van der Waals surface area (Å²) in [6, 6.07) is 3.59. The van der Waals surface area contributed by atoms with Crippen LogP contribution >= 0.6 is 11.3 Å². The van der Waals surface area contributed by atoms with Gasteiger partial charge in [0.2, 0.25) is 16.8 Å². The van der Waals surface area contributed by atoms with Crippen LogP contribution in [0.4, 0.5) is 5.13 Å². The first-order valence-corrected chi connectivity index (χ1v) is 12.0. The minimum Gasteiger partial charge on any atom is -0.493 e. The zero-order valence-corrected chi connectivity index (χ0v) is 19.5. The molecule has 7 nitrogen and oxygen atoms in total. The van der Waals surface area contributed by atoms with E-state index >= 15 is 0 Å². The van der Waals surface area contributed by atoms with Crippen LogP contribution < -0.4 is 19.5 Å². The maximum absolute atomic E-state index is 12.5. The van der Waals surface area contributed by atoms with Gasteiger partial charge in [-0.2, -0.15) is 0 Å². The molecular weight excluding hydrogens is 426 g/mol. The molecule has 0 aliphatic heterocycles. The number of nitrogens with one attached hydrogen (secondary N) is 1. The Balaban J connectivity index is 1.28. The van der Waals surface area contributed by atoms with Gasteiger partial charge in [0.15, 0.2) is 11.5 Å². The maximum Gasteiger partial charge on any atom is 0.250 e. The average Bonchev–Trinajstić information content (AvgIpc) is 3.25. The maximum atomic E-state index is 12.5. The molecular formula is C24H29N3O4S. The van der Waals surface area contributed by atoms with Gasteiger partial charge in [0.25, 0.3) is 0 Å². The zero-order valence-electron chi connectivity index (χ0n) is 18.7. The van der Waals surface area contributed by atoms with Gasteiger partial charge in [-0.05, 0) is 80.1 Å². The molecule has 1 aromatic heterocycles. The van der Waals surface area contributed by atoms with Crippen LogP contribution in [0.1, 0.15) is 49.1 Å². The first-order valence-electron chi connectivity index (χ1n) is 11.1. The van der Waals surface area contributed by atoms with E-state index in [2.05, 4.69) is 15.5 Å². The Kier molecular flexibility index (Phi) is 5.57. The quantitative estimate of drug-likeness (QED) is 0.610.